The Bertz CT molecular complexity index is 597. The molecule has 3 nitrogen and oxygen atoms in total. The number of halogens is 2. The van der Waals surface area contributed by atoms with Crippen molar-refractivity contribution in [2.24, 2.45) is 0 Å². The summed E-state index contributed by atoms with van der Waals surface area (Å²) in [6, 6.07) is 11.3. The first-order valence-electron chi connectivity index (χ1n) is 6.38. The Morgan fingerprint density at radius 1 is 1.00 bits per heavy atom. The molecule has 0 aliphatic carbocycles. The number of alkyl halides is 2. The lowest BCUT2D eigenvalue weighted by Gasteiger charge is -2.15. The van der Waals surface area contributed by atoms with Crippen LogP contribution in [0.4, 0.5) is 8.78 Å². The Morgan fingerprint density at radius 2 is 1.62 bits per heavy atom. The fourth-order valence-corrected chi connectivity index (χ4v) is 2.09. The van der Waals surface area contributed by atoms with Gasteiger partial charge in [-0.1, -0.05) is 18.2 Å². The van der Waals surface area contributed by atoms with Gasteiger partial charge in [-0.3, -0.25) is 0 Å². The molecule has 0 aromatic heterocycles. The van der Waals surface area contributed by atoms with Gasteiger partial charge >= 0.3 is 6.61 Å². The second kappa shape index (κ2) is 6.54. The summed E-state index contributed by atoms with van der Waals surface area (Å²) in [5, 5.41) is 10.4. The van der Waals surface area contributed by atoms with Crippen molar-refractivity contribution in [1.29, 1.82) is 0 Å². The van der Waals surface area contributed by atoms with Gasteiger partial charge in [-0.25, -0.2) is 0 Å². The fourth-order valence-electron chi connectivity index (χ4n) is 2.09. The quantitative estimate of drug-likeness (QED) is 0.914. The number of hydrogen-bond acceptors (Lipinski definition) is 3. The molecule has 0 spiro atoms. The van der Waals surface area contributed by atoms with Crippen molar-refractivity contribution < 1.29 is 23.4 Å². The predicted octanol–water partition coefficient (Wildman–Crippen LogP) is 3.69. The van der Waals surface area contributed by atoms with E-state index in [2.05, 4.69) is 4.74 Å². The van der Waals surface area contributed by atoms with Crippen LogP contribution in [0.1, 0.15) is 22.8 Å². The van der Waals surface area contributed by atoms with Crippen LogP contribution in [0.2, 0.25) is 0 Å². The fraction of sp³-hybridized carbons (Fsp3) is 0.250. The number of benzene rings is 2. The van der Waals surface area contributed by atoms with Gasteiger partial charge < -0.3 is 14.6 Å². The Labute approximate surface area is 121 Å². The normalized spacial score (nSPS) is 12.3. The molecule has 0 amide bonds. The summed E-state index contributed by atoms with van der Waals surface area (Å²) in [5.41, 5.74) is 2.22. The summed E-state index contributed by atoms with van der Waals surface area (Å²) >= 11 is 0. The first kappa shape index (κ1) is 15.3. The van der Waals surface area contributed by atoms with Crippen LogP contribution in [0.3, 0.4) is 0 Å². The maximum atomic E-state index is 12.1. The van der Waals surface area contributed by atoms with E-state index in [1.54, 1.807) is 31.4 Å². The van der Waals surface area contributed by atoms with E-state index in [9.17, 15) is 13.9 Å². The lowest BCUT2D eigenvalue weighted by atomic mass is 9.97. The highest BCUT2D eigenvalue weighted by Crippen LogP contribution is 2.28. The molecule has 112 valence electrons. The van der Waals surface area contributed by atoms with E-state index in [0.29, 0.717) is 11.3 Å². The molecular formula is C16H16F2O3. The third-order valence-electron chi connectivity index (χ3n) is 3.19. The Balaban J connectivity index is 2.21. The van der Waals surface area contributed by atoms with Crippen molar-refractivity contribution in [2.75, 3.05) is 7.11 Å². The average Bonchev–Trinajstić information content (AvgIpc) is 2.46. The second-order valence-corrected chi connectivity index (χ2v) is 4.57. The number of rotatable bonds is 5. The molecule has 2 rings (SSSR count). The summed E-state index contributed by atoms with van der Waals surface area (Å²) < 4.78 is 33.6. The zero-order chi connectivity index (χ0) is 15.4. The van der Waals surface area contributed by atoms with Gasteiger partial charge in [0.05, 0.1) is 7.11 Å². The van der Waals surface area contributed by atoms with Gasteiger partial charge in [0.25, 0.3) is 0 Å². The molecule has 5 heteroatoms. The second-order valence-electron chi connectivity index (χ2n) is 4.57. The van der Waals surface area contributed by atoms with Crippen LogP contribution < -0.4 is 9.47 Å². The highest BCUT2D eigenvalue weighted by atomic mass is 19.3. The van der Waals surface area contributed by atoms with E-state index >= 15 is 0 Å². The van der Waals surface area contributed by atoms with Crippen LogP contribution in [-0.2, 0) is 0 Å². The topological polar surface area (TPSA) is 38.7 Å². The molecule has 0 saturated heterocycles. The lowest BCUT2D eigenvalue weighted by Crippen LogP contribution is -2.04. The summed E-state index contributed by atoms with van der Waals surface area (Å²) in [7, 11) is 1.58. The predicted molar refractivity (Wildman–Crippen MR) is 74.9 cm³/mol. The molecule has 2 aromatic carbocycles. The van der Waals surface area contributed by atoms with Crippen LogP contribution in [0.25, 0.3) is 0 Å². The number of hydrogen-bond donors (Lipinski definition) is 1. The van der Waals surface area contributed by atoms with Gasteiger partial charge in [0.1, 0.15) is 17.6 Å². The van der Waals surface area contributed by atoms with Crippen LogP contribution >= 0.6 is 0 Å². The highest BCUT2D eigenvalue weighted by molar-refractivity contribution is 5.41. The van der Waals surface area contributed by atoms with Crippen molar-refractivity contribution in [3.8, 4) is 11.5 Å². The van der Waals surface area contributed by atoms with Crippen LogP contribution in [-0.4, -0.2) is 18.8 Å². The molecule has 1 atom stereocenters. The molecule has 0 aliphatic rings. The van der Waals surface area contributed by atoms with Gasteiger partial charge in [0.2, 0.25) is 0 Å². The van der Waals surface area contributed by atoms with E-state index < -0.39 is 12.7 Å². The SMILES string of the molecule is COc1ccc(C(O)c2ccc(OC(F)F)cc2)c(C)c1. The number of ether oxygens (including phenoxy) is 2. The van der Waals surface area contributed by atoms with Crippen molar-refractivity contribution in [3.63, 3.8) is 0 Å². The maximum Gasteiger partial charge on any atom is 0.387 e. The molecule has 0 heterocycles. The van der Waals surface area contributed by atoms with Gasteiger partial charge in [-0.05, 0) is 47.9 Å². The van der Waals surface area contributed by atoms with E-state index in [4.69, 9.17) is 4.74 Å². The van der Waals surface area contributed by atoms with E-state index in [1.807, 2.05) is 13.0 Å². The molecule has 2 aromatic rings. The number of aryl methyl sites for hydroxylation is 1. The molecule has 0 aliphatic heterocycles. The Morgan fingerprint density at radius 3 is 2.14 bits per heavy atom. The minimum absolute atomic E-state index is 0.0624. The van der Waals surface area contributed by atoms with E-state index in [-0.39, 0.29) is 5.75 Å². The van der Waals surface area contributed by atoms with Crippen molar-refractivity contribution in [1.82, 2.24) is 0 Å². The first-order chi connectivity index (χ1) is 10.0. The smallest absolute Gasteiger partial charge is 0.387 e. The highest BCUT2D eigenvalue weighted by Gasteiger charge is 2.14. The zero-order valence-corrected chi connectivity index (χ0v) is 11.7. The number of methoxy groups -OCH3 is 1. The van der Waals surface area contributed by atoms with Gasteiger partial charge in [-0.15, -0.1) is 0 Å². The van der Waals surface area contributed by atoms with Crippen LogP contribution in [0, 0.1) is 6.92 Å². The minimum atomic E-state index is -2.86. The molecule has 0 saturated carbocycles. The number of aliphatic hydroxyl groups is 1. The Hall–Kier alpha value is -2.14. The molecule has 1 unspecified atom stereocenters. The maximum absolute atomic E-state index is 12.1. The van der Waals surface area contributed by atoms with Crippen LogP contribution in [0.15, 0.2) is 42.5 Å². The molecule has 1 N–H and O–H groups in total. The summed E-state index contributed by atoms with van der Waals surface area (Å²) in [6.07, 6.45) is -0.837. The standard InChI is InChI=1S/C16H16F2O3/c1-10-9-13(20-2)7-8-14(10)15(19)11-3-5-12(6-4-11)21-16(17)18/h3-9,15-16,19H,1-2H3. The van der Waals surface area contributed by atoms with Crippen molar-refractivity contribution >= 4 is 0 Å². The number of aliphatic hydroxyl groups excluding tert-OH is 1. The minimum Gasteiger partial charge on any atom is -0.497 e. The summed E-state index contributed by atoms with van der Waals surface area (Å²) in [4.78, 5) is 0. The van der Waals surface area contributed by atoms with E-state index in [0.717, 1.165) is 11.1 Å². The summed E-state index contributed by atoms with van der Waals surface area (Å²) in [5.74, 6) is 0.775. The van der Waals surface area contributed by atoms with E-state index in [1.165, 1.54) is 12.1 Å². The van der Waals surface area contributed by atoms with Gasteiger partial charge in [-0.2, -0.15) is 8.78 Å². The lowest BCUT2D eigenvalue weighted by molar-refractivity contribution is -0.0498. The average molecular weight is 294 g/mol. The first-order valence-corrected chi connectivity index (χ1v) is 6.38. The monoisotopic (exact) mass is 294 g/mol. The zero-order valence-electron chi connectivity index (χ0n) is 11.7. The molecule has 21 heavy (non-hydrogen) atoms. The van der Waals surface area contributed by atoms with Gasteiger partial charge in [0, 0.05) is 0 Å². The van der Waals surface area contributed by atoms with Crippen molar-refractivity contribution in [2.45, 2.75) is 19.6 Å². The third kappa shape index (κ3) is 3.70. The summed E-state index contributed by atoms with van der Waals surface area (Å²) in [6.45, 7) is -0.986. The largest absolute Gasteiger partial charge is 0.497 e. The van der Waals surface area contributed by atoms with Crippen LogP contribution in [0.5, 0.6) is 11.5 Å². The third-order valence-corrected chi connectivity index (χ3v) is 3.19. The molecule has 0 radical (unpaired) electrons. The molecular weight excluding hydrogens is 278 g/mol. The van der Waals surface area contributed by atoms with Crippen molar-refractivity contribution in [3.05, 3.63) is 59.2 Å². The van der Waals surface area contributed by atoms with Gasteiger partial charge in [0.15, 0.2) is 0 Å². The Kier molecular flexibility index (Phi) is 4.75. The molecule has 0 bridgehead atoms. The molecule has 0 fully saturated rings.